The maximum Gasteiger partial charge on any atom is 0.276 e. The molecule has 2 rings (SSSR count). The van der Waals surface area contributed by atoms with Gasteiger partial charge in [0, 0.05) is 10.6 Å². The molecule has 0 aliphatic rings. The van der Waals surface area contributed by atoms with Gasteiger partial charge in [-0.2, -0.15) is 0 Å². The van der Waals surface area contributed by atoms with Gasteiger partial charge in [-0.1, -0.05) is 11.6 Å². The lowest BCUT2D eigenvalue weighted by Gasteiger charge is -2.09. The number of halogens is 2. The van der Waals surface area contributed by atoms with Crippen LogP contribution in [0.1, 0.15) is 0 Å². The van der Waals surface area contributed by atoms with Crippen LogP contribution in [0.5, 0.6) is 0 Å². The summed E-state index contributed by atoms with van der Waals surface area (Å²) in [5, 5.41) is 17.2. The van der Waals surface area contributed by atoms with E-state index in [4.69, 9.17) is 11.6 Å². The Labute approximate surface area is 133 Å². The van der Waals surface area contributed by atoms with Crippen molar-refractivity contribution in [3.63, 3.8) is 0 Å². The van der Waals surface area contributed by atoms with Gasteiger partial charge in [0.2, 0.25) is 0 Å². The smallest absolute Gasteiger partial charge is 0.276 e. The van der Waals surface area contributed by atoms with E-state index in [1.54, 1.807) is 19.2 Å². The number of rotatable bonds is 4. The molecule has 0 fully saturated rings. The van der Waals surface area contributed by atoms with Crippen molar-refractivity contribution in [1.82, 2.24) is 4.98 Å². The number of anilines is 3. The van der Waals surface area contributed by atoms with Gasteiger partial charge in [0.15, 0.2) is 0 Å². The average molecular weight is 405 g/mol. The predicted molar refractivity (Wildman–Crippen MR) is 87.9 cm³/mol. The molecule has 1 aromatic heterocycles. The van der Waals surface area contributed by atoms with Crippen LogP contribution in [0.4, 0.5) is 23.0 Å². The second-order valence-corrected chi connectivity index (χ2v) is 5.50. The van der Waals surface area contributed by atoms with Crippen molar-refractivity contribution < 1.29 is 4.92 Å². The lowest BCUT2D eigenvalue weighted by Crippen LogP contribution is -2.00. The molecular weight excluding hydrogens is 395 g/mol. The summed E-state index contributed by atoms with van der Waals surface area (Å²) in [5.74, 6) is 0.759. The summed E-state index contributed by atoms with van der Waals surface area (Å²) in [6.07, 6.45) is 0. The Morgan fingerprint density at radius 1 is 1.30 bits per heavy atom. The summed E-state index contributed by atoms with van der Waals surface area (Å²) in [6.45, 7) is 0. The monoisotopic (exact) mass is 404 g/mol. The molecule has 0 unspecified atom stereocenters. The maximum atomic E-state index is 10.9. The number of aromatic nitrogens is 1. The van der Waals surface area contributed by atoms with Crippen molar-refractivity contribution in [3.05, 3.63) is 49.0 Å². The zero-order valence-electron chi connectivity index (χ0n) is 10.4. The third-order valence-electron chi connectivity index (χ3n) is 2.47. The van der Waals surface area contributed by atoms with Crippen molar-refractivity contribution in [2.75, 3.05) is 17.7 Å². The van der Waals surface area contributed by atoms with E-state index in [1.165, 1.54) is 12.1 Å². The molecule has 0 atom stereocenters. The van der Waals surface area contributed by atoms with Gasteiger partial charge in [-0.3, -0.25) is 10.1 Å². The Balaban J connectivity index is 2.37. The van der Waals surface area contributed by atoms with Crippen LogP contribution in [-0.2, 0) is 0 Å². The number of hydrogen-bond donors (Lipinski definition) is 2. The molecule has 1 aromatic carbocycles. The van der Waals surface area contributed by atoms with E-state index in [1.807, 2.05) is 6.07 Å². The number of hydrogen-bond acceptors (Lipinski definition) is 5. The topological polar surface area (TPSA) is 80.1 Å². The minimum Gasteiger partial charge on any atom is -0.373 e. The molecule has 2 N–H and O–H groups in total. The van der Waals surface area contributed by atoms with Crippen LogP contribution in [0.3, 0.4) is 0 Å². The maximum absolute atomic E-state index is 10.9. The van der Waals surface area contributed by atoms with Gasteiger partial charge in [0.1, 0.15) is 11.6 Å². The van der Waals surface area contributed by atoms with E-state index in [9.17, 15) is 10.1 Å². The lowest BCUT2D eigenvalue weighted by molar-refractivity contribution is -0.384. The third kappa shape index (κ3) is 3.48. The molecule has 0 saturated carbocycles. The van der Waals surface area contributed by atoms with Crippen molar-refractivity contribution in [2.45, 2.75) is 0 Å². The van der Waals surface area contributed by atoms with Crippen LogP contribution in [-0.4, -0.2) is 17.0 Å². The zero-order chi connectivity index (χ0) is 14.7. The van der Waals surface area contributed by atoms with Crippen LogP contribution in [0.15, 0.2) is 30.3 Å². The van der Waals surface area contributed by atoms with E-state index in [0.29, 0.717) is 22.3 Å². The summed E-state index contributed by atoms with van der Waals surface area (Å²) in [5.41, 5.74) is 0.593. The molecule has 20 heavy (non-hydrogen) atoms. The fourth-order valence-corrected chi connectivity index (χ4v) is 2.45. The minimum atomic E-state index is -0.469. The first-order chi connectivity index (χ1) is 9.49. The molecule has 0 aliphatic carbocycles. The van der Waals surface area contributed by atoms with Crippen LogP contribution in [0, 0.1) is 13.7 Å². The van der Waals surface area contributed by atoms with Gasteiger partial charge in [0.05, 0.1) is 27.8 Å². The first-order valence-corrected chi connectivity index (χ1v) is 7.01. The van der Waals surface area contributed by atoms with Crippen molar-refractivity contribution in [1.29, 1.82) is 0 Å². The second-order valence-electron chi connectivity index (χ2n) is 3.85. The molecule has 0 saturated heterocycles. The first kappa shape index (κ1) is 14.8. The van der Waals surface area contributed by atoms with E-state index in [2.05, 4.69) is 38.2 Å². The summed E-state index contributed by atoms with van der Waals surface area (Å²) in [6, 6.07) is 8.19. The fraction of sp³-hybridized carbons (Fsp3) is 0.0833. The molecule has 0 amide bonds. The van der Waals surface area contributed by atoms with Crippen molar-refractivity contribution in [2.24, 2.45) is 0 Å². The van der Waals surface area contributed by atoms with Gasteiger partial charge in [0.25, 0.3) is 5.69 Å². The zero-order valence-corrected chi connectivity index (χ0v) is 13.3. The molecule has 0 spiro atoms. The molecule has 0 bridgehead atoms. The first-order valence-electron chi connectivity index (χ1n) is 5.56. The SMILES string of the molecule is CNc1cc([N+](=O)[O-])cc(Nc2ccc(I)cc2Cl)n1. The highest BCUT2D eigenvalue weighted by Gasteiger charge is 2.11. The summed E-state index contributed by atoms with van der Waals surface area (Å²) in [7, 11) is 1.65. The standard InChI is InChI=1S/C12H10ClIN4O2/c1-15-11-5-8(18(19)20)6-12(17-11)16-10-3-2-7(14)4-9(10)13/h2-6H,1H3,(H2,15,16,17). The number of benzene rings is 1. The molecule has 104 valence electrons. The molecule has 2 aromatic rings. The van der Waals surface area contributed by atoms with Crippen LogP contribution in [0.2, 0.25) is 5.02 Å². The molecule has 0 aliphatic heterocycles. The van der Waals surface area contributed by atoms with Gasteiger partial charge < -0.3 is 10.6 Å². The number of nitrogens with one attached hydrogen (secondary N) is 2. The van der Waals surface area contributed by atoms with E-state index >= 15 is 0 Å². The number of nitro groups is 1. The Morgan fingerprint density at radius 2 is 2.00 bits per heavy atom. The predicted octanol–water partition coefficient (Wildman–Crippen LogP) is 4.03. The van der Waals surface area contributed by atoms with Gasteiger partial charge in [-0.25, -0.2) is 4.98 Å². The van der Waals surface area contributed by atoms with Crippen LogP contribution in [0.25, 0.3) is 0 Å². The number of pyridine rings is 1. The molecule has 6 nitrogen and oxygen atoms in total. The molecule has 1 heterocycles. The number of nitrogens with zero attached hydrogens (tertiary/aromatic N) is 2. The quantitative estimate of drug-likeness (QED) is 0.457. The highest BCUT2D eigenvalue weighted by Crippen LogP contribution is 2.28. The minimum absolute atomic E-state index is 0.0477. The van der Waals surface area contributed by atoms with Crippen LogP contribution < -0.4 is 10.6 Å². The third-order valence-corrected chi connectivity index (χ3v) is 3.45. The highest BCUT2D eigenvalue weighted by molar-refractivity contribution is 14.1. The summed E-state index contributed by atoms with van der Waals surface area (Å²) >= 11 is 8.26. The van der Waals surface area contributed by atoms with Gasteiger partial charge in [-0.15, -0.1) is 0 Å². The summed E-state index contributed by atoms with van der Waals surface area (Å²) in [4.78, 5) is 14.6. The largest absolute Gasteiger partial charge is 0.373 e. The molecule has 8 heteroatoms. The molecular formula is C12H10ClIN4O2. The Kier molecular flexibility index (Phi) is 4.61. The highest BCUT2D eigenvalue weighted by atomic mass is 127. The van der Waals surface area contributed by atoms with E-state index in [0.717, 1.165) is 3.57 Å². The Bertz CT molecular complexity index is 666. The normalized spacial score (nSPS) is 10.2. The Morgan fingerprint density at radius 3 is 2.60 bits per heavy atom. The van der Waals surface area contributed by atoms with Gasteiger partial charge >= 0.3 is 0 Å². The summed E-state index contributed by atoms with van der Waals surface area (Å²) < 4.78 is 1.00. The van der Waals surface area contributed by atoms with E-state index in [-0.39, 0.29) is 5.69 Å². The van der Waals surface area contributed by atoms with Crippen molar-refractivity contribution in [3.8, 4) is 0 Å². The van der Waals surface area contributed by atoms with Crippen LogP contribution >= 0.6 is 34.2 Å². The average Bonchev–Trinajstić information content (AvgIpc) is 2.41. The van der Waals surface area contributed by atoms with Gasteiger partial charge in [-0.05, 0) is 40.8 Å². The fourth-order valence-electron chi connectivity index (χ4n) is 1.54. The lowest BCUT2D eigenvalue weighted by atomic mass is 10.3. The van der Waals surface area contributed by atoms with Crippen molar-refractivity contribution >= 4 is 57.2 Å². The second kappa shape index (κ2) is 6.23. The molecule has 0 radical (unpaired) electrons. The van der Waals surface area contributed by atoms with E-state index < -0.39 is 4.92 Å². The Hall–Kier alpha value is -1.61.